The Morgan fingerprint density at radius 3 is 2.55 bits per heavy atom. The molecular weight excluding hydrogens is 250 g/mol. The number of hydrogen-bond donors (Lipinski definition) is 1. The molecule has 0 aromatic heterocycles. The lowest BCUT2D eigenvalue weighted by molar-refractivity contribution is -0.145. The number of amides is 1. The second kappa shape index (κ2) is 8.26. The zero-order chi connectivity index (χ0) is 15.0. The van der Waals surface area contributed by atoms with Gasteiger partial charge in [-0.15, -0.1) is 0 Å². The SMILES string of the molecule is CCCC1(C(=O)N(CCC#N)CC(C)C)CCNCC1. The first-order valence-corrected chi connectivity index (χ1v) is 7.93. The van der Waals surface area contributed by atoms with Crippen LogP contribution in [-0.2, 0) is 4.79 Å². The van der Waals surface area contributed by atoms with Gasteiger partial charge < -0.3 is 10.2 Å². The van der Waals surface area contributed by atoms with Crippen molar-refractivity contribution >= 4 is 5.91 Å². The zero-order valence-electron chi connectivity index (χ0n) is 13.2. The number of carbonyl (C=O) groups excluding carboxylic acids is 1. The van der Waals surface area contributed by atoms with E-state index in [0.29, 0.717) is 18.9 Å². The molecule has 1 N–H and O–H groups in total. The summed E-state index contributed by atoms with van der Waals surface area (Å²) in [5, 5.41) is 12.2. The first-order chi connectivity index (χ1) is 9.55. The zero-order valence-corrected chi connectivity index (χ0v) is 13.2. The minimum atomic E-state index is -0.190. The van der Waals surface area contributed by atoms with E-state index in [0.717, 1.165) is 45.3 Å². The molecule has 114 valence electrons. The monoisotopic (exact) mass is 279 g/mol. The van der Waals surface area contributed by atoms with Crippen LogP contribution in [0.25, 0.3) is 0 Å². The van der Waals surface area contributed by atoms with E-state index in [4.69, 9.17) is 5.26 Å². The molecule has 0 unspecified atom stereocenters. The summed E-state index contributed by atoms with van der Waals surface area (Å²) in [6.07, 6.45) is 4.30. The minimum absolute atomic E-state index is 0.190. The maximum atomic E-state index is 13.0. The van der Waals surface area contributed by atoms with Crippen molar-refractivity contribution in [2.45, 2.75) is 52.9 Å². The summed E-state index contributed by atoms with van der Waals surface area (Å²) in [5.41, 5.74) is -0.190. The van der Waals surface area contributed by atoms with Crippen LogP contribution in [-0.4, -0.2) is 37.0 Å². The van der Waals surface area contributed by atoms with Crippen LogP contribution in [0.15, 0.2) is 0 Å². The van der Waals surface area contributed by atoms with Crippen LogP contribution in [0.1, 0.15) is 52.9 Å². The van der Waals surface area contributed by atoms with Crippen molar-refractivity contribution in [2.75, 3.05) is 26.2 Å². The molecule has 0 radical (unpaired) electrons. The molecule has 1 aliphatic rings. The number of nitrogens with one attached hydrogen (secondary N) is 1. The molecule has 4 heteroatoms. The van der Waals surface area contributed by atoms with Gasteiger partial charge in [0.2, 0.25) is 5.91 Å². The van der Waals surface area contributed by atoms with E-state index in [9.17, 15) is 4.79 Å². The topological polar surface area (TPSA) is 56.1 Å². The molecule has 0 spiro atoms. The third kappa shape index (κ3) is 4.49. The van der Waals surface area contributed by atoms with Crippen molar-refractivity contribution < 1.29 is 4.79 Å². The number of piperidine rings is 1. The lowest BCUT2D eigenvalue weighted by Crippen LogP contribution is -2.50. The smallest absolute Gasteiger partial charge is 0.228 e. The average molecular weight is 279 g/mol. The summed E-state index contributed by atoms with van der Waals surface area (Å²) in [6, 6.07) is 2.17. The van der Waals surface area contributed by atoms with E-state index in [1.165, 1.54) is 0 Å². The molecule has 0 atom stereocenters. The molecule has 0 aromatic carbocycles. The van der Waals surface area contributed by atoms with E-state index >= 15 is 0 Å². The lowest BCUT2D eigenvalue weighted by Gasteiger charge is -2.40. The average Bonchev–Trinajstić information content (AvgIpc) is 2.43. The highest BCUT2D eigenvalue weighted by Gasteiger charge is 2.41. The summed E-state index contributed by atoms with van der Waals surface area (Å²) in [4.78, 5) is 15.0. The fraction of sp³-hybridized carbons (Fsp3) is 0.875. The van der Waals surface area contributed by atoms with Gasteiger partial charge >= 0.3 is 0 Å². The van der Waals surface area contributed by atoms with Crippen LogP contribution in [0.5, 0.6) is 0 Å². The van der Waals surface area contributed by atoms with Gasteiger partial charge in [0.15, 0.2) is 0 Å². The molecule has 4 nitrogen and oxygen atoms in total. The van der Waals surface area contributed by atoms with E-state index in [1.54, 1.807) is 0 Å². The van der Waals surface area contributed by atoms with Gasteiger partial charge in [-0.25, -0.2) is 0 Å². The second-order valence-electron chi connectivity index (χ2n) is 6.33. The summed E-state index contributed by atoms with van der Waals surface area (Å²) in [5.74, 6) is 0.725. The maximum Gasteiger partial charge on any atom is 0.228 e. The van der Waals surface area contributed by atoms with Crippen molar-refractivity contribution in [3.63, 3.8) is 0 Å². The number of carbonyl (C=O) groups is 1. The van der Waals surface area contributed by atoms with Gasteiger partial charge in [0.05, 0.1) is 17.9 Å². The molecule has 20 heavy (non-hydrogen) atoms. The van der Waals surface area contributed by atoms with Gasteiger partial charge in [0, 0.05) is 13.1 Å². The molecular formula is C16H29N3O. The van der Waals surface area contributed by atoms with Gasteiger partial charge in [-0.3, -0.25) is 4.79 Å². The molecule has 1 amide bonds. The third-order valence-corrected chi connectivity index (χ3v) is 4.11. The summed E-state index contributed by atoms with van der Waals surface area (Å²) in [6.45, 7) is 9.60. The number of nitriles is 1. The first-order valence-electron chi connectivity index (χ1n) is 7.93. The quantitative estimate of drug-likeness (QED) is 0.779. The molecule has 1 rings (SSSR count). The van der Waals surface area contributed by atoms with Crippen molar-refractivity contribution in [1.29, 1.82) is 5.26 Å². The van der Waals surface area contributed by atoms with Crippen LogP contribution in [0, 0.1) is 22.7 Å². The van der Waals surface area contributed by atoms with E-state index < -0.39 is 0 Å². The van der Waals surface area contributed by atoms with Crippen LogP contribution >= 0.6 is 0 Å². The van der Waals surface area contributed by atoms with E-state index in [2.05, 4.69) is 32.2 Å². The van der Waals surface area contributed by atoms with Crippen molar-refractivity contribution in [3.8, 4) is 6.07 Å². The fourth-order valence-electron chi connectivity index (χ4n) is 3.19. The highest BCUT2D eigenvalue weighted by atomic mass is 16.2. The van der Waals surface area contributed by atoms with E-state index in [-0.39, 0.29) is 11.3 Å². The highest BCUT2D eigenvalue weighted by molar-refractivity contribution is 5.83. The first kappa shape index (κ1) is 17.0. The third-order valence-electron chi connectivity index (χ3n) is 4.11. The molecule has 0 saturated carbocycles. The Balaban J connectivity index is 2.84. The Bertz CT molecular complexity index is 335. The molecule has 1 heterocycles. The fourth-order valence-corrected chi connectivity index (χ4v) is 3.19. The Morgan fingerprint density at radius 2 is 2.05 bits per heavy atom. The van der Waals surface area contributed by atoms with Crippen molar-refractivity contribution in [3.05, 3.63) is 0 Å². The van der Waals surface area contributed by atoms with Crippen molar-refractivity contribution in [1.82, 2.24) is 10.2 Å². The Labute approximate surface area is 123 Å². The Morgan fingerprint density at radius 1 is 1.40 bits per heavy atom. The van der Waals surface area contributed by atoms with Crippen LogP contribution < -0.4 is 5.32 Å². The summed E-state index contributed by atoms with van der Waals surface area (Å²) < 4.78 is 0. The van der Waals surface area contributed by atoms with Crippen LogP contribution in [0.4, 0.5) is 0 Å². The van der Waals surface area contributed by atoms with Gasteiger partial charge in [0.25, 0.3) is 0 Å². The number of rotatable bonds is 7. The van der Waals surface area contributed by atoms with Gasteiger partial charge in [-0.05, 0) is 38.3 Å². The predicted molar refractivity (Wildman–Crippen MR) is 81.1 cm³/mol. The molecule has 1 aliphatic heterocycles. The van der Waals surface area contributed by atoms with Crippen molar-refractivity contribution in [2.24, 2.45) is 11.3 Å². The van der Waals surface area contributed by atoms with Crippen LogP contribution in [0.3, 0.4) is 0 Å². The second-order valence-corrected chi connectivity index (χ2v) is 6.33. The molecule has 1 fully saturated rings. The normalized spacial score (nSPS) is 17.8. The predicted octanol–water partition coefficient (Wildman–Crippen LogP) is 2.55. The van der Waals surface area contributed by atoms with Gasteiger partial charge in [0.1, 0.15) is 0 Å². The Kier molecular flexibility index (Phi) is 7.01. The highest BCUT2D eigenvalue weighted by Crippen LogP contribution is 2.36. The summed E-state index contributed by atoms with van der Waals surface area (Å²) >= 11 is 0. The molecule has 0 bridgehead atoms. The summed E-state index contributed by atoms with van der Waals surface area (Å²) in [7, 11) is 0. The van der Waals surface area contributed by atoms with Gasteiger partial charge in [-0.2, -0.15) is 5.26 Å². The van der Waals surface area contributed by atoms with E-state index in [1.807, 2.05) is 4.90 Å². The maximum absolute atomic E-state index is 13.0. The molecule has 0 aliphatic carbocycles. The molecule has 1 saturated heterocycles. The molecule has 0 aromatic rings. The standard InChI is InChI=1S/C16H29N3O/c1-4-6-16(7-10-18-11-8-16)15(20)19(12-5-9-17)13-14(2)3/h14,18H,4-8,10-13H2,1-3H3. The Hall–Kier alpha value is -1.08. The number of nitrogens with zero attached hydrogens (tertiary/aromatic N) is 2. The largest absolute Gasteiger partial charge is 0.341 e. The van der Waals surface area contributed by atoms with Crippen LogP contribution in [0.2, 0.25) is 0 Å². The minimum Gasteiger partial charge on any atom is -0.341 e. The van der Waals surface area contributed by atoms with Gasteiger partial charge in [-0.1, -0.05) is 27.2 Å². The number of hydrogen-bond acceptors (Lipinski definition) is 3. The lowest BCUT2D eigenvalue weighted by atomic mass is 9.74.